The molecule has 5 aromatic rings. The van der Waals surface area contributed by atoms with Crippen LogP contribution in [0.2, 0.25) is 5.02 Å². The second kappa shape index (κ2) is 9.38. The Morgan fingerprint density at radius 2 is 2.08 bits per heavy atom. The highest BCUT2D eigenvalue weighted by Gasteiger charge is 2.23. The first kappa shape index (κ1) is 23.3. The average Bonchev–Trinajstić information content (AvgIpc) is 3.63. The molecule has 0 saturated carbocycles. The zero-order valence-corrected chi connectivity index (χ0v) is 20.8. The number of aryl methyl sites for hydroxylation is 1. The second-order valence-corrected chi connectivity index (χ2v) is 9.10. The number of aromatic nitrogens is 4. The van der Waals surface area contributed by atoms with E-state index in [1.807, 2.05) is 31.3 Å². The van der Waals surface area contributed by atoms with Crippen LogP contribution in [-0.2, 0) is 4.74 Å². The number of benzene rings is 2. The molecule has 1 amide bonds. The number of carbonyl (C=O) groups is 1. The standard InChI is InChI=1S/C26H23ClN6O4/c1-13-30-20-6-3-14(10-21(20)36-13)17-11-29-23-22(17)25(37-16-7-8-35-12-16)33-26(32-23)31-19-5-4-15(9-18(19)27)24(34)28-2/h3-6,9-11,16H,7-8,12H2,1-2H3,(H,28,34)(H2,29,31,32,33). The van der Waals surface area contributed by atoms with Crippen LogP contribution in [0.5, 0.6) is 5.88 Å². The first-order valence-corrected chi connectivity index (χ1v) is 12.2. The number of oxazole rings is 1. The maximum absolute atomic E-state index is 11.9. The van der Waals surface area contributed by atoms with Gasteiger partial charge < -0.3 is 29.5 Å². The molecule has 1 saturated heterocycles. The molecule has 0 spiro atoms. The van der Waals surface area contributed by atoms with Gasteiger partial charge in [0.05, 0.1) is 29.3 Å². The smallest absolute Gasteiger partial charge is 0.251 e. The minimum absolute atomic E-state index is 0.122. The van der Waals surface area contributed by atoms with Gasteiger partial charge in [-0.2, -0.15) is 9.97 Å². The van der Waals surface area contributed by atoms with Crippen LogP contribution in [-0.4, -0.2) is 52.2 Å². The number of amides is 1. The molecule has 1 aliphatic heterocycles. The fraction of sp³-hybridized carbons (Fsp3) is 0.231. The van der Waals surface area contributed by atoms with Crippen LogP contribution >= 0.6 is 11.6 Å². The Morgan fingerprint density at radius 1 is 1.19 bits per heavy atom. The van der Waals surface area contributed by atoms with Crippen molar-refractivity contribution in [3.8, 4) is 17.0 Å². The van der Waals surface area contributed by atoms with Crippen LogP contribution in [0, 0.1) is 6.92 Å². The van der Waals surface area contributed by atoms with Gasteiger partial charge in [-0.15, -0.1) is 0 Å². The van der Waals surface area contributed by atoms with Gasteiger partial charge in [-0.25, -0.2) is 4.98 Å². The highest BCUT2D eigenvalue weighted by atomic mass is 35.5. The third-order valence-electron chi connectivity index (χ3n) is 6.18. The summed E-state index contributed by atoms with van der Waals surface area (Å²) in [6, 6.07) is 10.8. The van der Waals surface area contributed by atoms with E-state index in [0.717, 1.165) is 28.5 Å². The molecular formula is C26H23ClN6O4. The number of hydrogen-bond donors (Lipinski definition) is 3. The molecule has 6 rings (SSSR count). The molecule has 2 aromatic carbocycles. The van der Waals surface area contributed by atoms with E-state index in [2.05, 4.69) is 25.6 Å². The van der Waals surface area contributed by atoms with Gasteiger partial charge >= 0.3 is 0 Å². The number of ether oxygens (including phenoxy) is 2. The third-order valence-corrected chi connectivity index (χ3v) is 6.49. The number of aromatic amines is 1. The maximum atomic E-state index is 11.9. The molecule has 1 aliphatic rings. The van der Waals surface area contributed by atoms with Gasteiger partial charge in [0.15, 0.2) is 11.5 Å². The van der Waals surface area contributed by atoms with Gasteiger partial charge in [-0.1, -0.05) is 17.7 Å². The van der Waals surface area contributed by atoms with E-state index in [1.54, 1.807) is 25.2 Å². The minimum atomic E-state index is -0.224. The largest absolute Gasteiger partial charge is 0.471 e. The number of halogens is 1. The lowest BCUT2D eigenvalue weighted by Gasteiger charge is -2.15. The molecule has 1 atom stereocenters. The molecule has 4 heterocycles. The summed E-state index contributed by atoms with van der Waals surface area (Å²) < 4.78 is 17.6. The van der Waals surface area contributed by atoms with E-state index in [1.165, 1.54) is 0 Å². The predicted octanol–water partition coefficient (Wildman–Crippen LogP) is 5.00. The van der Waals surface area contributed by atoms with Crippen molar-refractivity contribution < 1.29 is 18.7 Å². The number of carbonyl (C=O) groups excluding carboxylic acids is 1. The Labute approximate surface area is 216 Å². The summed E-state index contributed by atoms with van der Waals surface area (Å²) in [7, 11) is 1.57. The fourth-order valence-corrected chi connectivity index (χ4v) is 4.59. The summed E-state index contributed by atoms with van der Waals surface area (Å²) in [4.78, 5) is 28.9. The van der Waals surface area contributed by atoms with Gasteiger partial charge in [0, 0.05) is 37.7 Å². The quantitative estimate of drug-likeness (QED) is 0.286. The molecule has 188 valence electrons. The Morgan fingerprint density at radius 3 is 2.86 bits per heavy atom. The summed E-state index contributed by atoms with van der Waals surface area (Å²) in [5.41, 5.74) is 4.88. The minimum Gasteiger partial charge on any atom is -0.471 e. The number of rotatable bonds is 6. The molecule has 11 heteroatoms. The Balaban J connectivity index is 1.41. The first-order valence-electron chi connectivity index (χ1n) is 11.8. The van der Waals surface area contributed by atoms with Gasteiger partial charge in [-0.3, -0.25) is 4.79 Å². The Kier molecular flexibility index (Phi) is 5.90. The highest BCUT2D eigenvalue weighted by Crippen LogP contribution is 2.37. The summed E-state index contributed by atoms with van der Waals surface area (Å²) >= 11 is 6.44. The lowest BCUT2D eigenvalue weighted by Crippen LogP contribution is -2.18. The molecule has 37 heavy (non-hydrogen) atoms. The van der Waals surface area contributed by atoms with Crippen LogP contribution in [0.25, 0.3) is 33.3 Å². The lowest BCUT2D eigenvalue weighted by atomic mass is 10.1. The molecule has 1 fully saturated rings. The van der Waals surface area contributed by atoms with Crippen molar-refractivity contribution in [1.82, 2.24) is 25.3 Å². The summed E-state index contributed by atoms with van der Waals surface area (Å²) in [6.45, 7) is 2.95. The summed E-state index contributed by atoms with van der Waals surface area (Å²) in [5.74, 6) is 1.10. The fourth-order valence-electron chi connectivity index (χ4n) is 4.36. The van der Waals surface area contributed by atoms with Crippen molar-refractivity contribution in [3.63, 3.8) is 0 Å². The number of anilines is 2. The predicted molar refractivity (Wildman–Crippen MR) is 140 cm³/mol. The topological polar surface area (TPSA) is 127 Å². The van der Waals surface area contributed by atoms with E-state index >= 15 is 0 Å². The number of nitrogens with one attached hydrogen (secondary N) is 3. The van der Waals surface area contributed by atoms with Crippen LogP contribution < -0.4 is 15.4 Å². The van der Waals surface area contributed by atoms with Crippen molar-refractivity contribution in [3.05, 3.63) is 59.1 Å². The summed E-state index contributed by atoms with van der Waals surface area (Å²) in [6.07, 6.45) is 2.52. The van der Waals surface area contributed by atoms with Crippen LogP contribution in [0.1, 0.15) is 22.7 Å². The molecule has 0 radical (unpaired) electrons. The third kappa shape index (κ3) is 4.45. The molecule has 3 aromatic heterocycles. The van der Waals surface area contributed by atoms with E-state index < -0.39 is 0 Å². The van der Waals surface area contributed by atoms with Gasteiger partial charge in [0.25, 0.3) is 5.91 Å². The first-order chi connectivity index (χ1) is 18.0. The monoisotopic (exact) mass is 518 g/mol. The van der Waals surface area contributed by atoms with Crippen LogP contribution in [0.4, 0.5) is 11.6 Å². The SMILES string of the molecule is CNC(=O)c1ccc(Nc2nc(OC3CCOC3)c3c(-c4ccc5nc(C)oc5c4)c[nH]c3n2)c(Cl)c1. The van der Waals surface area contributed by atoms with E-state index in [9.17, 15) is 4.79 Å². The molecule has 0 aliphatic carbocycles. The van der Waals surface area contributed by atoms with Gasteiger partial charge in [-0.05, 0) is 35.9 Å². The molecule has 3 N–H and O–H groups in total. The second-order valence-electron chi connectivity index (χ2n) is 8.70. The molecule has 1 unspecified atom stereocenters. The maximum Gasteiger partial charge on any atom is 0.251 e. The number of H-pyrrole nitrogens is 1. The van der Waals surface area contributed by atoms with E-state index in [-0.39, 0.29) is 12.0 Å². The molecule has 10 nitrogen and oxygen atoms in total. The van der Waals surface area contributed by atoms with E-state index in [4.69, 9.17) is 30.5 Å². The van der Waals surface area contributed by atoms with E-state index in [0.29, 0.717) is 58.4 Å². The molecule has 0 bridgehead atoms. The zero-order chi connectivity index (χ0) is 25.5. The van der Waals surface area contributed by atoms with Crippen LogP contribution in [0.3, 0.4) is 0 Å². The molecular weight excluding hydrogens is 496 g/mol. The Hall–Kier alpha value is -4.15. The summed E-state index contributed by atoms with van der Waals surface area (Å²) in [5, 5.41) is 6.84. The van der Waals surface area contributed by atoms with Crippen LogP contribution in [0.15, 0.2) is 47.0 Å². The lowest BCUT2D eigenvalue weighted by molar-refractivity contribution is 0.0963. The highest BCUT2D eigenvalue weighted by molar-refractivity contribution is 6.33. The number of nitrogens with zero attached hydrogens (tertiary/aromatic N) is 3. The van der Waals surface area contributed by atoms with Crippen molar-refractivity contribution in [2.75, 3.05) is 25.6 Å². The zero-order valence-electron chi connectivity index (χ0n) is 20.1. The number of fused-ring (bicyclic) bond motifs is 2. The van der Waals surface area contributed by atoms with Crippen molar-refractivity contribution >= 4 is 51.3 Å². The average molecular weight is 519 g/mol. The van der Waals surface area contributed by atoms with Crippen molar-refractivity contribution in [2.24, 2.45) is 0 Å². The number of hydrogen-bond acceptors (Lipinski definition) is 8. The van der Waals surface area contributed by atoms with Crippen molar-refractivity contribution in [2.45, 2.75) is 19.4 Å². The normalized spacial score (nSPS) is 15.4. The van der Waals surface area contributed by atoms with Gasteiger partial charge in [0.1, 0.15) is 17.3 Å². The Bertz CT molecular complexity index is 1640. The van der Waals surface area contributed by atoms with Gasteiger partial charge in [0.2, 0.25) is 11.8 Å². The van der Waals surface area contributed by atoms with Crippen molar-refractivity contribution in [1.29, 1.82) is 0 Å².